The van der Waals surface area contributed by atoms with Gasteiger partial charge in [-0.05, 0) is 11.6 Å². The molecule has 0 amide bonds. The lowest BCUT2D eigenvalue weighted by molar-refractivity contribution is -0.148. The number of methoxy groups -OCH3 is 1. The van der Waals surface area contributed by atoms with Crippen molar-refractivity contribution >= 4 is 11.8 Å². The molecule has 0 aliphatic carbocycles. The smallest absolute Gasteiger partial charge is 0.372 e. The van der Waals surface area contributed by atoms with Crippen molar-refractivity contribution in [3.05, 3.63) is 23.9 Å². The lowest BCUT2D eigenvalue weighted by Gasteiger charge is -2.00. The molecule has 0 unspecified atom stereocenters. The summed E-state index contributed by atoms with van der Waals surface area (Å²) in [6, 6.07) is 3.10. The average Bonchev–Trinajstić information content (AvgIpc) is 2.18. The Morgan fingerprint density at radius 2 is 2.29 bits per heavy atom. The second-order valence-electron chi connectivity index (χ2n) is 2.61. The fourth-order valence-electron chi connectivity index (χ4n) is 0.933. The average molecular weight is 195 g/mol. The molecule has 0 fully saturated rings. The number of aliphatic carboxylic acids is 1. The molecule has 0 saturated carbocycles. The number of pyridine rings is 1. The summed E-state index contributed by atoms with van der Waals surface area (Å²) in [6.07, 6.45) is 1.32. The van der Waals surface area contributed by atoms with E-state index in [9.17, 15) is 9.59 Å². The second-order valence-corrected chi connectivity index (χ2v) is 2.61. The van der Waals surface area contributed by atoms with Gasteiger partial charge in [-0.15, -0.1) is 0 Å². The van der Waals surface area contributed by atoms with E-state index in [1.54, 1.807) is 6.07 Å². The number of carbonyl (C=O) groups excluding carboxylic acids is 1. The summed E-state index contributed by atoms with van der Waals surface area (Å²) in [5, 5.41) is 8.37. The highest BCUT2D eigenvalue weighted by Gasteiger charge is 2.12. The van der Waals surface area contributed by atoms with Crippen molar-refractivity contribution in [2.45, 2.75) is 6.42 Å². The van der Waals surface area contributed by atoms with Crippen molar-refractivity contribution in [3.63, 3.8) is 0 Å². The molecular formula is C9H9NO4. The van der Waals surface area contributed by atoms with Crippen LogP contribution in [0.25, 0.3) is 0 Å². The Morgan fingerprint density at radius 3 is 2.86 bits per heavy atom. The van der Waals surface area contributed by atoms with Gasteiger partial charge in [-0.2, -0.15) is 0 Å². The minimum atomic E-state index is -1.43. The second kappa shape index (κ2) is 4.36. The van der Waals surface area contributed by atoms with E-state index in [1.807, 2.05) is 0 Å². The summed E-state index contributed by atoms with van der Waals surface area (Å²) >= 11 is 0. The van der Waals surface area contributed by atoms with Gasteiger partial charge in [0, 0.05) is 18.7 Å². The third-order valence-corrected chi connectivity index (χ3v) is 1.61. The van der Waals surface area contributed by atoms with E-state index in [1.165, 1.54) is 19.4 Å². The highest BCUT2D eigenvalue weighted by molar-refractivity contribution is 6.33. The number of hydrogen-bond acceptors (Lipinski definition) is 4. The Kier molecular flexibility index (Phi) is 3.17. The zero-order chi connectivity index (χ0) is 10.6. The minimum Gasteiger partial charge on any atom is -0.481 e. The molecule has 0 saturated heterocycles. The van der Waals surface area contributed by atoms with Crippen LogP contribution in [0.15, 0.2) is 18.3 Å². The Labute approximate surface area is 80.3 Å². The number of carboxylic acid groups (broad SMARTS) is 1. The van der Waals surface area contributed by atoms with Gasteiger partial charge in [0.2, 0.25) is 11.7 Å². The number of nitrogens with zero attached hydrogens (tertiary/aromatic N) is 1. The van der Waals surface area contributed by atoms with Crippen molar-refractivity contribution in [2.75, 3.05) is 7.11 Å². The molecule has 14 heavy (non-hydrogen) atoms. The number of rotatable bonds is 4. The molecule has 5 heteroatoms. The number of Topliss-reactive ketones (excluding diaryl/α,β-unsaturated/α-hetero) is 1. The van der Waals surface area contributed by atoms with Crippen LogP contribution in [0.2, 0.25) is 0 Å². The maximum Gasteiger partial charge on any atom is 0.372 e. The van der Waals surface area contributed by atoms with Crippen LogP contribution < -0.4 is 4.74 Å². The van der Waals surface area contributed by atoms with Gasteiger partial charge in [-0.1, -0.05) is 0 Å². The molecule has 0 aliphatic rings. The molecule has 1 N–H and O–H groups in total. The van der Waals surface area contributed by atoms with Crippen LogP contribution in [0, 0.1) is 0 Å². The number of ketones is 1. The van der Waals surface area contributed by atoms with Gasteiger partial charge in [-0.3, -0.25) is 4.79 Å². The summed E-state index contributed by atoms with van der Waals surface area (Å²) < 4.78 is 4.83. The lowest BCUT2D eigenvalue weighted by atomic mass is 10.1. The quantitative estimate of drug-likeness (QED) is 0.698. The summed E-state index contributed by atoms with van der Waals surface area (Å²) in [5.74, 6) is -1.92. The van der Waals surface area contributed by atoms with Crippen molar-refractivity contribution in [3.8, 4) is 5.88 Å². The standard InChI is InChI=1S/C9H9NO4/c1-14-8-5-6(2-3-10-8)4-7(11)9(12)13/h2-3,5H,4H2,1H3,(H,12,13). The van der Waals surface area contributed by atoms with E-state index in [2.05, 4.69) is 4.98 Å². The highest BCUT2D eigenvalue weighted by atomic mass is 16.5. The van der Waals surface area contributed by atoms with Crippen molar-refractivity contribution in [1.82, 2.24) is 4.98 Å². The summed E-state index contributed by atoms with van der Waals surface area (Å²) in [5.41, 5.74) is 0.573. The molecule has 0 atom stereocenters. The fraction of sp³-hybridized carbons (Fsp3) is 0.222. The van der Waals surface area contributed by atoms with Crippen LogP contribution in [0.4, 0.5) is 0 Å². The Morgan fingerprint density at radius 1 is 1.57 bits per heavy atom. The molecule has 0 aromatic carbocycles. The molecule has 74 valence electrons. The highest BCUT2D eigenvalue weighted by Crippen LogP contribution is 2.09. The molecule has 5 nitrogen and oxygen atoms in total. The van der Waals surface area contributed by atoms with E-state index in [0.29, 0.717) is 11.4 Å². The fourth-order valence-corrected chi connectivity index (χ4v) is 0.933. The first-order valence-electron chi connectivity index (χ1n) is 3.88. The predicted molar refractivity (Wildman–Crippen MR) is 47.1 cm³/mol. The zero-order valence-corrected chi connectivity index (χ0v) is 7.56. The molecule has 1 aromatic rings. The summed E-state index contributed by atoms with van der Waals surface area (Å²) in [4.78, 5) is 24.9. The minimum absolute atomic E-state index is 0.145. The normalized spacial score (nSPS) is 9.50. The third-order valence-electron chi connectivity index (χ3n) is 1.61. The van der Waals surface area contributed by atoms with E-state index in [4.69, 9.17) is 9.84 Å². The first kappa shape index (κ1) is 10.2. The third kappa shape index (κ3) is 2.55. The van der Waals surface area contributed by atoms with Crippen molar-refractivity contribution in [1.29, 1.82) is 0 Å². The molecule has 0 spiro atoms. The maximum atomic E-state index is 10.9. The SMILES string of the molecule is COc1cc(CC(=O)C(=O)O)ccn1. The number of carboxylic acids is 1. The van der Waals surface area contributed by atoms with Crippen LogP contribution in [0.3, 0.4) is 0 Å². The summed E-state index contributed by atoms with van der Waals surface area (Å²) in [7, 11) is 1.45. The van der Waals surface area contributed by atoms with E-state index < -0.39 is 11.8 Å². The van der Waals surface area contributed by atoms with Crippen molar-refractivity contribution < 1.29 is 19.4 Å². The van der Waals surface area contributed by atoms with Crippen LogP contribution in [-0.2, 0) is 16.0 Å². The van der Waals surface area contributed by atoms with Crippen LogP contribution in [-0.4, -0.2) is 29.0 Å². The Hall–Kier alpha value is -1.91. The van der Waals surface area contributed by atoms with E-state index in [0.717, 1.165) is 0 Å². The molecule has 0 radical (unpaired) electrons. The molecule has 1 heterocycles. The zero-order valence-electron chi connectivity index (χ0n) is 7.56. The first-order chi connectivity index (χ1) is 6.63. The number of carbonyl (C=O) groups is 2. The predicted octanol–water partition coefficient (Wildman–Crippen LogP) is 0.286. The van der Waals surface area contributed by atoms with Gasteiger partial charge in [0.1, 0.15) is 0 Å². The van der Waals surface area contributed by atoms with Crippen LogP contribution in [0.5, 0.6) is 5.88 Å². The van der Waals surface area contributed by atoms with Crippen LogP contribution in [0.1, 0.15) is 5.56 Å². The van der Waals surface area contributed by atoms with E-state index in [-0.39, 0.29) is 6.42 Å². The lowest BCUT2D eigenvalue weighted by Crippen LogP contribution is -2.15. The van der Waals surface area contributed by atoms with Gasteiger partial charge in [0.15, 0.2) is 0 Å². The Balaban J connectivity index is 2.76. The maximum absolute atomic E-state index is 10.9. The van der Waals surface area contributed by atoms with Gasteiger partial charge in [0.25, 0.3) is 0 Å². The Bertz CT molecular complexity index is 362. The topological polar surface area (TPSA) is 76.5 Å². The first-order valence-corrected chi connectivity index (χ1v) is 3.88. The number of aromatic nitrogens is 1. The van der Waals surface area contributed by atoms with Gasteiger partial charge < -0.3 is 9.84 Å². The largest absolute Gasteiger partial charge is 0.481 e. The monoisotopic (exact) mass is 195 g/mol. The van der Waals surface area contributed by atoms with Crippen LogP contribution >= 0.6 is 0 Å². The molecule has 0 aliphatic heterocycles. The molecule has 1 rings (SSSR count). The van der Waals surface area contributed by atoms with E-state index >= 15 is 0 Å². The number of ether oxygens (including phenoxy) is 1. The van der Waals surface area contributed by atoms with Gasteiger partial charge >= 0.3 is 5.97 Å². The molecular weight excluding hydrogens is 186 g/mol. The number of hydrogen-bond donors (Lipinski definition) is 1. The van der Waals surface area contributed by atoms with Gasteiger partial charge in [-0.25, -0.2) is 9.78 Å². The molecule has 1 aromatic heterocycles. The van der Waals surface area contributed by atoms with Crippen molar-refractivity contribution in [2.24, 2.45) is 0 Å². The summed E-state index contributed by atoms with van der Waals surface area (Å²) in [6.45, 7) is 0. The molecule has 0 bridgehead atoms. The van der Waals surface area contributed by atoms with Gasteiger partial charge in [0.05, 0.1) is 7.11 Å².